The van der Waals surface area contributed by atoms with Crippen LogP contribution in [-0.4, -0.2) is 68.7 Å². The molecule has 3 aliphatic rings. The summed E-state index contributed by atoms with van der Waals surface area (Å²) in [5, 5.41) is 5.75. The van der Waals surface area contributed by atoms with Crippen LogP contribution in [0.2, 0.25) is 0 Å². The normalized spacial score (nSPS) is 17.9. The van der Waals surface area contributed by atoms with E-state index >= 15 is 4.39 Å². The molecular formula is C35H32FN3O7. The molecule has 0 spiro atoms. The van der Waals surface area contributed by atoms with Gasteiger partial charge >= 0.3 is 0 Å². The number of hydrogen-bond donors (Lipinski definition) is 2. The summed E-state index contributed by atoms with van der Waals surface area (Å²) in [6.07, 6.45) is -0.656. The third kappa shape index (κ3) is 6.73. The van der Waals surface area contributed by atoms with E-state index in [0.717, 1.165) is 5.56 Å². The standard InChI is InChI=1S/C35H32FN3O7/c1-43-27-13-24(14-28(16-27)44-2)35(42)39-18-31-32(19-39)46-25-9-6-21(7-10-25)17-37-33(40)20-45-26-5-3-4-22(12-26)23-8-11-30(36)29(15-23)34(41)38-31/h3-16,31-32H,17-20H2,1-2H3,(H,37,40)(H,38,41)/t31-,32-/m0/s1. The van der Waals surface area contributed by atoms with Gasteiger partial charge in [-0.15, -0.1) is 0 Å². The van der Waals surface area contributed by atoms with Gasteiger partial charge in [0.25, 0.3) is 17.7 Å². The molecular weight excluding hydrogens is 593 g/mol. The minimum Gasteiger partial charge on any atom is -0.497 e. The Morgan fingerprint density at radius 1 is 0.870 bits per heavy atom. The third-order valence-electron chi connectivity index (χ3n) is 7.92. The van der Waals surface area contributed by atoms with Gasteiger partial charge in [0.1, 0.15) is 34.9 Å². The highest BCUT2D eigenvalue weighted by atomic mass is 19.1. The van der Waals surface area contributed by atoms with E-state index in [2.05, 4.69) is 10.6 Å². The molecule has 7 rings (SSSR count). The van der Waals surface area contributed by atoms with E-state index in [1.807, 2.05) is 12.1 Å². The van der Waals surface area contributed by atoms with E-state index in [-0.39, 0.29) is 43.6 Å². The Morgan fingerprint density at radius 3 is 2.35 bits per heavy atom. The van der Waals surface area contributed by atoms with Gasteiger partial charge in [0.2, 0.25) is 0 Å². The number of rotatable bonds is 3. The number of ether oxygens (including phenoxy) is 4. The lowest BCUT2D eigenvalue weighted by Crippen LogP contribution is -2.45. The lowest BCUT2D eigenvalue weighted by molar-refractivity contribution is -0.123. The molecule has 2 N–H and O–H groups in total. The van der Waals surface area contributed by atoms with Crippen molar-refractivity contribution < 1.29 is 37.7 Å². The van der Waals surface area contributed by atoms with Crippen LogP contribution < -0.4 is 29.6 Å². The van der Waals surface area contributed by atoms with Crippen LogP contribution in [0.25, 0.3) is 11.1 Å². The summed E-state index contributed by atoms with van der Waals surface area (Å²) >= 11 is 0. The van der Waals surface area contributed by atoms with Gasteiger partial charge in [-0.05, 0) is 65.2 Å². The number of fused-ring (bicyclic) bond motifs is 7. The lowest BCUT2D eigenvalue weighted by Gasteiger charge is -2.21. The number of hydrogen-bond acceptors (Lipinski definition) is 7. The average Bonchev–Trinajstić information content (AvgIpc) is 3.47. The maximum Gasteiger partial charge on any atom is 0.258 e. The Morgan fingerprint density at radius 2 is 1.61 bits per heavy atom. The number of methoxy groups -OCH3 is 2. The Kier molecular flexibility index (Phi) is 8.73. The van der Waals surface area contributed by atoms with Gasteiger partial charge in [-0.3, -0.25) is 14.4 Å². The van der Waals surface area contributed by atoms with E-state index < -0.39 is 23.9 Å². The van der Waals surface area contributed by atoms with Crippen molar-refractivity contribution in [2.45, 2.75) is 18.7 Å². The maximum atomic E-state index is 15.1. The highest BCUT2D eigenvalue weighted by Crippen LogP contribution is 2.28. The fourth-order valence-electron chi connectivity index (χ4n) is 5.46. The highest BCUT2D eigenvalue weighted by molar-refractivity contribution is 5.97. The minimum absolute atomic E-state index is 0.111. The summed E-state index contributed by atoms with van der Waals surface area (Å²) in [6.45, 7) is 0.355. The van der Waals surface area contributed by atoms with Crippen LogP contribution in [0.15, 0.2) is 84.9 Å². The summed E-state index contributed by atoms with van der Waals surface area (Å²) in [5.41, 5.74) is 2.27. The third-order valence-corrected chi connectivity index (χ3v) is 7.92. The number of carbonyl (C=O) groups excluding carboxylic acids is 3. The van der Waals surface area contributed by atoms with E-state index in [9.17, 15) is 14.4 Å². The van der Waals surface area contributed by atoms with Crippen LogP contribution in [0.4, 0.5) is 4.39 Å². The van der Waals surface area contributed by atoms with Crippen molar-refractivity contribution in [3.05, 3.63) is 107 Å². The van der Waals surface area contributed by atoms with Crippen LogP contribution >= 0.6 is 0 Å². The monoisotopic (exact) mass is 625 g/mol. The molecule has 0 aromatic heterocycles. The molecule has 10 nitrogen and oxygen atoms in total. The maximum absolute atomic E-state index is 15.1. The molecule has 0 aliphatic carbocycles. The zero-order valence-electron chi connectivity index (χ0n) is 25.2. The van der Waals surface area contributed by atoms with Crippen molar-refractivity contribution in [1.82, 2.24) is 15.5 Å². The Bertz CT molecular complexity index is 1760. The highest BCUT2D eigenvalue weighted by Gasteiger charge is 2.39. The molecule has 1 saturated heterocycles. The number of amides is 3. The second-order valence-electron chi connectivity index (χ2n) is 11.0. The molecule has 2 atom stereocenters. The number of halogens is 1. The molecule has 11 heteroatoms. The smallest absolute Gasteiger partial charge is 0.258 e. The summed E-state index contributed by atoms with van der Waals surface area (Å²) < 4.78 is 37.8. The SMILES string of the molecule is COc1cc(OC)cc(C(=O)N2C[C@@H]3NC(=O)c4cc(ccc4F)-c4cccc(c4)OCC(=O)NCc4ccc(cc4)O[C@H]3C2)c1. The van der Waals surface area contributed by atoms with Gasteiger partial charge in [0, 0.05) is 24.7 Å². The molecule has 3 aliphatic heterocycles. The summed E-state index contributed by atoms with van der Waals surface area (Å²) in [5.74, 6) is -0.0916. The first-order valence-electron chi connectivity index (χ1n) is 14.7. The number of carbonyl (C=O) groups is 3. The Labute approximate surface area is 265 Å². The van der Waals surface area contributed by atoms with Crippen molar-refractivity contribution in [3.8, 4) is 34.1 Å². The van der Waals surface area contributed by atoms with Crippen LogP contribution in [0.3, 0.4) is 0 Å². The fraction of sp³-hybridized carbons (Fsp3) is 0.229. The fourth-order valence-corrected chi connectivity index (χ4v) is 5.46. The summed E-state index contributed by atoms with van der Waals surface area (Å²) in [4.78, 5) is 41.3. The van der Waals surface area contributed by atoms with Gasteiger partial charge in [0.05, 0.1) is 32.4 Å². The molecule has 1 fully saturated rings. The van der Waals surface area contributed by atoms with Crippen molar-refractivity contribution in [2.24, 2.45) is 0 Å². The van der Waals surface area contributed by atoms with Crippen LogP contribution in [0, 0.1) is 5.82 Å². The molecule has 4 aromatic rings. The van der Waals surface area contributed by atoms with Gasteiger partial charge in [-0.25, -0.2) is 4.39 Å². The first-order chi connectivity index (χ1) is 22.3. The predicted molar refractivity (Wildman–Crippen MR) is 167 cm³/mol. The molecule has 4 aromatic carbocycles. The van der Waals surface area contributed by atoms with Crippen molar-refractivity contribution >= 4 is 17.7 Å². The Hall–Kier alpha value is -5.58. The summed E-state index contributed by atoms with van der Waals surface area (Å²) in [6, 6.07) is 22.6. The van der Waals surface area contributed by atoms with Crippen molar-refractivity contribution in [1.29, 1.82) is 0 Å². The quantitative estimate of drug-likeness (QED) is 0.351. The van der Waals surface area contributed by atoms with Crippen LogP contribution in [0.1, 0.15) is 26.3 Å². The zero-order chi connectivity index (χ0) is 32.2. The van der Waals surface area contributed by atoms with Crippen molar-refractivity contribution in [3.63, 3.8) is 0 Å². The van der Waals surface area contributed by atoms with Crippen LogP contribution in [0.5, 0.6) is 23.0 Å². The van der Waals surface area contributed by atoms with E-state index in [4.69, 9.17) is 18.9 Å². The molecule has 0 unspecified atom stereocenters. The van der Waals surface area contributed by atoms with Gasteiger partial charge in [-0.2, -0.15) is 0 Å². The lowest BCUT2D eigenvalue weighted by atomic mass is 10.0. The molecule has 0 radical (unpaired) electrons. The van der Waals surface area contributed by atoms with E-state index in [1.54, 1.807) is 65.6 Å². The minimum atomic E-state index is -0.699. The largest absolute Gasteiger partial charge is 0.497 e. The molecule has 46 heavy (non-hydrogen) atoms. The van der Waals surface area contributed by atoms with Gasteiger partial charge < -0.3 is 34.5 Å². The predicted octanol–water partition coefficient (Wildman–Crippen LogP) is 4.22. The number of nitrogens with one attached hydrogen (secondary N) is 2. The van der Waals surface area contributed by atoms with Crippen molar-refractivity contribution in [2.75, 3.05) is 33.9 Å². The van der Waals surface area contributed by atoms with Gasteiger partial charge in [-0.1, -0.05) is 30.3 Å². The number of nitrogens with zero attached hydrogens (tertiary/aromatic N) is 1. The summed E-state index contributed by atoms with van der Waals surface area (Å²) in [7, 11) is 3.00. The first kappa shape index (κ1) is 30.4. The molecule has 0 saturated carbocycles. The topological polar surface area (TPSA) is 115 Å². The van der Waals surface area contributed by atoms with E-state index in [1.165, 1.54) is 26.4 Å². The average molecular weight is 626 g/mol. The number of likely N-dealkylation sites (tertiary alicyclic amines) is 1. The zero-order valence-corrected chi connectivity index (χ0v) is 25.2. The van der Waals surface area contributed by atoms with E-state index in [0.29, 0.717) is 39.7 Å². The molecule has 3 heterocycles. The second kappa shape index (κ2) is 13.2. The molecule has 3 amide bonds. The molecule has 236 valence electrons. The number of benzene rings is 4. The van der Waals surface area contributed by atoms with Gasteiger partial charge in [0.15, 0.2) is 6.61 Å². The molecule has 6 bridgehead atoms. The first-order valence-corrected chi connectivity index (χ1v) is 14.7. The van der Waals surface area contributed by atoms with Crippen LogP contribution in [-0.2, 0) is 11.3 Å². The second-order valence-corrected chi connectivity index (χ2v) is 11.0. The Balaban J connectivity index is 1.33.